The maximum absolute atomic E-state index is 12.4. The van der Waals surface area contributed by atoms with Crippen molar-refractivity contribution in [1.82, 2.24) is 0 Å². The first-order valence-corrected chi connectivity index (χ1v) is 38.0. The molecular weight excluding hydrogens is 1120 g/mol. The van der Waals surface area contributed by atoms with Crippen LogP contribution in [0.25, 0.3) is 0 Å². The highest BCUT2D eigenvalue weighted by Gasteiger charge is 2.16. The van der Waals surface area contributed by atoms with Gasteiger partial charge in [-0.2, -0.15) is 0 Å². The molecule has 0 aliphatic carbocycles. The van der Waals surface area contributed by atoms with Crippen molar-refractivity contribution in [3.05, 3.63) is 194 Å². The largest absolute Gasteiger partial charge is 0.462 e. The smallest absolute Gasteiger partial charge is 0.306 e. The first kappa shape index (κ1) is 86.7. The highest BCUT2D eigenvalue weighted by atomic mass is 16.6. The van der Waals surface area contributed by atoms with E-state index >= 15 is 0 Å². The van der Waals surface area contributed by atoms with Crippen LogP contribution in [-0.4, -0.2) is 36.4 Å². The van der Waals surface area contributed by atoms with Crippen molar-refractivity contribution in [3.63, 3.8) is 0 Å². The van der Waals surface area contributed by atoms with Crippen molar-refractivity contribution in [2.45, 2.75) is 328 Å². The van der Waals surface area contributed by atoms with E-state index in [1.807, 2.05) is 0 Å². The maximum Gasteiger partial charge on any atom is 0.306 e. The third-order valence-electron chi connectivity index (χ3n) is 15.9. The SMILES string of the molecule is CC/C=C\C/C=C\C/C=C\C/C=C\C/C=C\C/C=C\C/C=C\C/C=C\C/C=C\CCCCCCCCCCCCCC(=O)OC(CO)COC(=O)CCCCCCCCCCCCCCCCCCC/C=C\C/C=C\C/C=C\C/C=C\C/C=C\C/C=C\C/C=C\CC. The third-order valence-corrected chi connectivity index (χ3v) is 15.9. The molecule has 0 rings (SSSR count). The van der Waals surface area contributed by atoms with Gasteiger partial charge in [-0.05, 0) is 141 Å². The molecule has 5 heteroatoms. The molecule has 0 aromatic rings. The van der Waals surface area contributed by atoms with Crippen molar-refractivity contribution in [3.8, 4) is 0 Å². The van der Waals surface area contributed by atoms with Gasteiger partial charge in [0.25, 0.3) is 0 Å². The summed E-state index contributed by atoms with van der Waals surface area (Å²) in [5.41, 5.74) is 0. The Morgan fingerprint density at radius 3 is 0.652 bits per heavy atom. The summed E-state index contributed by atoms with van der Waals surface area (Å²) < 4.78 is 10.8. The molecule has 0 saturated carbocycles. The highest BCUT2D eigenvalue weighted by molar-refractivity contribution is 5.70. The van der Waals surface area contributed by atoms with Crippen LogP contribution in [0.2, 0.25) is 0 Å². The minimum Gasteiger partial charge on any atom is -0.462 e. The predicted molar refractivity (Wildman–Crippen MR) is 407 cm³/mol. The summed E-state index contributed by atoms with van der Waals surface area (Å²) in [6.45, 7) is 3.92. The molecule has 518 valence electrons. The second-order valence-electron chi connectivity index (χ2n) is 24.6. The zero-order valence-electron chi connectivity index (χ0n) is 59.5. The fourth-order valence-corrected chi connectivity index (χ4v) is 10.3. The lowest BCUT2D eigenvalue weighted by molar-refractivity contribution is -0.161. The quantitative estimate of drug-likeness (QED) is 0.0373. The highest BCUT2D eigenvalue weighted by Crippen LogP contribution is 2.17. The van der Waals surface area contributed by atoms with E-state index in [1.54, 1.807) is 0 Å². The average molecular weight is 1270 g/mol. The maximum atomic E-state index is 12.4. The molecule has 0 heterocycles. The van der Waals surface area contributed by atoms with Gasteiger partial charge in [-0.1, -0.05) is 362 Å². The van der Waals surface area contributed by atoms with Gasteiger partial charge in [-0.25, -0.2) is 0 Å². The monoisotopic (exact) mass is 1270 g/mol. The normalized spacial score (nSPS) is 13.4. The molecule has 92 heavy (non-hydrogen) atoms. The fourth-order valence-electron chi connectivity index (χ4n) is 10.3. The first-order chi connectivity index (χ1) is 45.6. The number of aliphatic hydroxyl groups is 1. The van der Waals surface area contributed by atoms with Crippen molar-refractivity contribution in [2.24, 2.45) is 0 Å². The molecule has 0 radical (unpaired) electrons. The Labute approximate surface area is 568 Å². The van der Waals surface area contributed by atoms with Crippen LogP contribution in [0.15, 0.2) is 194 Å². The van der Waals surface area contributed by atoms with E-state index in [4.69, 9.17) is 9.47 Å². The van der Waals surface area contributed by atoms with E-state index in [9.17, 15) is 14.7 Å². The van der Waals surface area contributed by atoms with Crippen LogP contribution < -0.4 is 0 Å². The van der Waals surface area contributed by atoms with Gasteiger partial charge in [-0.3, -0.25) is 9.59 Å². The summed E-state index contributed by atoms with van der Waals surface area (Å²) in [5, 5.41) is 9.72. The van der Waals surface area contributed by atoms with Crippen LogP contribution in [0.4, 0.5) is 0 Å². The molecule has 1 unspecified atom stereocenters. The summed E-state index contributed by atoms with van der Waals surface area (Å²) in [4.78, 5) is 24.7. The fraction of sp³-hybridized carbons (Fsp3) is 0.609. The lowest BCUT2D eigenvalue weighted by atomic mass is 10.0. The van der Waals surface area contributed by atoms with E-state index in [-0.39, 0.29) is 25.2 Å². The molecule has 0 saturated heterocycles. The lowest BCUT2D eigenvalue weighted by Crippen LogP contribution is -2.28. The Bertz CT molecular complexity index is 2070. The Balaban J connectivity index is 3.53. The number of hydrogen-bond acceptors (Lipinski definition) is 5. The Morgan fingerprint density at radius 2 is 0.435 bits per heavy atom. The minimum atomic E-state index is -0.787. The van der Waals surface area contributed by atoms with Gasteiger partial charge in [0.05, 0.1) is 6.61 Å². The van der Waals surface area contributed by atoms with E-state index in [2.05, 4.69) is 208 Å². The van der Waals surface area contributed by atoms with E-state index in [1.165, 1.54) is 154 Å². The van der Waals surface area contributed by atoms with Crippen LogP contribution >= 0.6 is 0 Å². The molecule has 0 aromatic carbocycles. The first-order valence-electron chi connectivity index (χ1n) is 38.0. The average Bonchev–Trinajstić information content (AvgIpc) is 3.75. The van der Waals surface area contributed by atoms with Gasteiger partial charge in [0.1, 0.15) is 6.61 Å². The summed E-state index contributed by atoms with van der Waals surface area (Å²) >= 11 is 0. The molecule has 0 spiro atoms. The van der Waals surface area contributed by atoms with Gasteiger partial charge < -0.3 is 14.6 Å². The van der Waals surface area contributed by atoms with Crippen molar-refractivity contribution < 1.29 is 24.2 Å². The number of carbonyl (C=O) groups is 2. The molecule has 0 bridgehead atoms. The zero-order valence-corrected chi connectivity index (χ0v) is 59.5. The second kappa shape index (κ2) is 80.0. The number of hydrogen-bond donors (Lipinski definition) is 1. The molecule has 1 N–H and O–H groups in total. The third kappa shape index (κ3) is 77.2. The Hall–Kier alpha value is -5.26. The van der Waals surface area contributed by atoms with E-state index in [0.717, 1.165) is 141 Å². The van der Waals surface area contributed by atoms with E-state index in [0.29, 0.717) is 12.8 Å². The van der Waals surface area contributed by atoms with E-state index < -0.39 is 6.10 Å². The van der Waals surface area contributed by atoms with Gasteiger partial charge >= 0.3 is 11.9 Å². The van der Waals surface area contributed by atoms with Gasteiger partial charge in [0.2, 0.25) is 0 Å². The zero-order chi connectivity index (χ0) is 66.1. The van der Waals surface area contributed by atoms with Crippen LogP contribution in [0.5, 0.6) is 0 Å². The number of aliphatic hydroxyl groups excluding tert-OH is 1. The topological polar surface area (TPSA) is 72.8 Å². The summed E-state index contributed by atoms with van der Waals surface area (Å²) in [5.74, 6) is -0.594. The number of rotatable bonds is 68. The second-order valence-corrected chi connectivity index (χ2v) is 24.6. The van der Waals surface area contributed by atoms with Gasteiger partial charge in [0, 0.05) is 12.8 Å². The predicted octanol–water partition coefficient (Wildman–Crippen LogP) is 27.1. The van der Waals surface area contributed by atoms with Crippen molar-refractivity contribution in [2.75, 3.05) is 13.2 Å². The Morgan fingerprint density at radius 1 is 0.250 bits per heavy atom. The molecule has 0 aliphatic rings. The van der Waals surface area contributed by atoms with Crippen molar-refractivity contribution >= 4 is 11.9 Å². The van der Waals surface area contributed by atoms with Crippen LogP contribution in [0.1, 0.15) is 322 Å². The minimum absolute atomic E-state index is 0.0744. The number of esters is 2. The van der Waals surface area contributed by atoms with Gasteiger partial charge in [0.15, 0.2) is 6.10 Å². The standard InChI is InChI=1S/C87H140O5/c1-3-5-7-9-11-13-15-17-19-21-23-25-27-29-31-33-35-37-39-41-43-45-47-49-51-53-55-57-59-61-63-65-67-69-71-73-75-77-79-81-86(89)91-84-85(83-88)92-87(90)82-80-78-76-74-72-70-68-66-64-62-60-58-56-54-52-50-48-46-44-42-40-38-36-34-32-30-28-26-24-22-20-18-16-14-12-10-8-6-4-2/h5-8,11-14,17-20,23-26,29-32,35-38,41-44,48,50,54,56,85,88H,3-4,9-10,15-16,21-22,27-28,33-34,39-40,45-47,49,51-53,55,57-84H2,1-2H3/b7-5-,8-6-,13-11-,14-12-,19-17-,20-18-,25-23-,26-24-,31-29-,32-30-,37-35-,38-36-,43-41-,44-42-,50-48-,56-54-. The molecule has 1 atom stereocenters. The summed E-state index contributed by atoms with van der Waals surface area (Å²) in [6.07, 6.45) is 126. The summed E-state index contributed by atoms with van der Waals surface area (Å²) in [6, 6.07) is 0. The Kier molecular flexibility index (Phi) is 75.4. The molecule has 5 nitrogen and oxygen atoms in total. The number of ether oxygens (including phenoxy) is 2. The van der Waals surface area contributed by atoms with Crippen molar-refractivity contribution in [1.29, 1.82) is 0 Å². The van der Waals surface area contributed by atoms with Crippen LogP contribution in [0.3, 0.4) is 0 Å². The van der Waals surface area contributed by atoms with Crippen LogP contribution in [0, 0.1) is 0 Å². The number of carbonyl (C=O) groups excluding carboxylic acids is 2. The lowest BCUT2D eigenvalue weighted by Gasteiger charge is -2.15. The molecule has 0 fully saturated rings. The number of allylic oxidation sites excluding steroid dienone is 32. The molecule has 0 aliphatic heterocycles. The van der Waals surface area contributed by atoms with Crippen LogP contribution in [-0.2, 0) is 19.1 Å². The summed E-state index contributed by atoms with van der Waals surface area (Å²) in [7, 11) is 0. The number of unbranched alkanes of at least 4 members (excludes halogenated alkanes) is 28. The molecule has 0 aromatic heterocycles. The molecule has 0 amide bonds. The molecular formula is C87H140O5. The van der Waals surface area contributed by atoms with Gasteiger partial charge in [-0.15, -0.1) is 0 Å².